The van der Waals surface area contributed by atoms with Gasteiger partial charge in [-0.3, -0.25) is 4.79 Å². The van der Waals surface area contributed by atoms with Gasteiger partial charge in [0, 0.05) is 0 Å². The average molecular weight is 170 g/mol. The summed E-state index contributed by atoms with van der Waals surface area (Å²) < 4.78 is 0. The van der Waals surface area contributed by atoms with Crippen LogP contribution in [0, 0.1) is 11.8 Å². The zero-order valence-electron chi connectivity index (χ0n) is 7.92. The Morgan fingerprint density at radius 3 is 2.50 bits per heavy atom. The molecule has 2 heteroatoms. The molecule has 0 aliphatic carbocycles. The predicted molar refractivity (Wildman–Crippen MR) is 50.0 cm³/mol. The van der Waals surface area contributed by atoms with Gasteiger partial charge in [-0.2, -0.15) is 0 Å². The molecule has 0 bridgehead atoms. The number of carbonyl (C=O) groups is 1. The van der Waals surface area contributed by atoms with Crippen molar-refractivity contribution in [3.8, 4) is 0 Å². The molecule has 70 valence electrons. The lowest BCUT2D eigenvalue weighted by molar-refractivity contribution is -0.141. The Morgan fingerprint density at radius 1 is 1.50 bits per heavy atom. The molecule has 0 amide bonds. The lowest BCUT2D eigenvalue weighted by Crippen LogP contribution is -2.10. The van der Waals surface area contributed by atoms with Crippen LogP contribution in [0.2, 0.25) is 0 Å². The van der Waals surface area contributed by atoms with Crippen molar-refractivity contribution in [2.24, 2.45) is 11.8 Å². The van der Waals surface area contributed by atoms with Gasteiger partial charge in [-0.1, -0.05) is 19.9 Å². The molecule has 2 unspecified atom stereocenters. The number of carboxylic acid groups (broad SMARTS) is 1. The van der Waals surface area contributed by atoms with Gasteiger partial charge in [0.1, 0.15) is 0 Å². The molecule has 0 aromatic rings. The first-order valence-electron chi connectivity index (χ1n) is 4.41. The van der Waals surface area contributed by atoms with Crippen LogP contribution in [0.4, 0.5) is 0 Å². The summed E-state index contributed by atoms with van der Waals surface area (Å²) >= 11 is 0. The van der Waals surface area contributed by atoms with E-state index in [4.69, 9.17) is 5.11 Å². The number of carboxylic acids is 1. The van der Waals surface area contributed by atoms with Gasteiger partial charge in [-0.25, -0.2) is 0 Å². The number of allylic oxidation sites excluding steroid dienone is 1. The lowest BCUT2D eigenvalue weighted by atomic mass is 9.96. The molecular weight excluding hydrogens is 152 g/mol. The van der Waals surface area contributed by atoms with Gasteiger partial charge in [0.2, 0.25) is 0 Å². The van der Waals surface area contributed by atoms with Crippen molar-refractivity contribution < 1.29 is 9.90 Å². The van der Waals surface area contributed by atoms with Crippen LogP contribution >= 0.6 is 0 Å². The normalized spacial score (nSPS) is 15.2. The van der Waals surface area contributed by atoms with E-state index in [2.05, 4.69) is 13.5 Å². The molecule has 0 rings (SSSR count). The summed E-state index contributed by atoms with van der Waals surface area (Å²) in [4.78, 5) is 10.4. The number of hydrogen-bond acceptors (Lipinski definition) is 1. The second kappa shape index (κ2) is 5.81. The lowest BCUT2D eigenvalue weighted by Gasteiger charge is -2.10. The van der Waals surface area contributed by atoms with E-state index in [1.807, 2.05) is 6.08 Å². The fourth-order valence-corrected chi connectivity index (χ4v) is 1.06. The Bertz CT molecular complexity index is 152. The summed E-state index contributed by atoms with van der Waals surface area (Å²) in [5.74, 6) is -0.345. The van der Waals surface area contributed by atoms with Crippen LogP contribution in [0.1, 0.15) is 33.1 Å². The summed E-state index contributed by atoms with van der Waals surface area (Å²) in [6.45, 7) is 7.52. The Kier molecular flexibility index (Phi) is 5.43. The van der Waals surface area contributed by atoms with Gasteiger partial charge in [0.15, 0.2) is 0 Å². The van der Waals surface area contributed by atoms with Crippen molar-refractivity contribution in [1.29, 1.82) is 0 Å². The van der Waals surface area contributed by atoms with Crippen molar-refractivity contribution in [3.63, 3.8) is 0 Å². The van der Waals surface area contributed by atoms with Crippen LogP contribution in [0.15, 0.2) is 12.7 Å². The van der Waals surface area contributed by atoms with Crippen molar-refractivity contribution in [2.75, 3.05) is 0 Å². The molecule has 0 fully saturated rings. The van der Waals surface area contributed by atoms with Crippen molar-refractivity contribution >= 4 is 5.97 Å². The molecule has 0 saturated carbocycles. The number of aliphatic carboxylic acids is 1. The second-order valence-electron chi connectivity index (χ2n) is 3.45. The molecule has 0 aliphatic rings. The first kappa shape index (κ1) is 11.2. The van der Waals surface area contributed by atoms with E-state index in [0.29, 0.717) is 5.92 Å². The molecule has 12 heavy (non-hydrogen) atoms. The van der Waals surface area contributed by atoms with Gasteiger partial charge in [0.25, 0.3) is 0 Å². The minimum absolute atomic E-state index is 0.211. The average Bonchev–Trinajstić information content (AvgIpc) is 2.00. The minimum atomic E-state index is -0.694. The third-order valence-corrected chi connectivity index (χ3v) is 2.08. The summed E-state index contributed by atoms with van der Waals surface area (Å²) in [6.07, 6.45) is 4.60. The summed E-state index contributed by atoms with van der Waals surface area (Å²) in [5, 5.41) is 8.60. The molecule has 2 nitrogen and oxygen atoms in total. The van der Waals surface area contributed by atoms with Crippen LogP contribution in [0.3, 0.4) is 0 Å². The first-order chi connectivity index (χ1) is 5.57. The Hall–Kier alpha value is -0.790. The maximum Gasteiger partial charge on any atom is 0.306 e. The molecule has 0 aromatic carbocycles. The van der Waals surface area contributed by atoms with Gasteiger partial charge in [-0.05, 0) is 25.2 Å². The van der Waals surface area contributed by atoms with Crippen LogP contribution in [-0.4, -0.2) is 11.1 Å². The summed E-state index contributed by atoms with van der Waals surface area (Å²) in [5.41, 5.74) is 0. The fourth-order valence-electron chi connectivity index (χ4n) is 1.06. The van der Waals surface area contributed by atoms with Crippen molar-refractivity contribution in [2.45, 2.75) is 33.1 Å². The van der Waals surface area contributed by atoms with Gasteiger partial charge in [-0.15, -0.1) is 6.58 Å². The quantitative estimate of drug-likeness (QED) is 0.622. The fraction of sp³-hybridized carbons (Fsp3) is 0.700. The number of hydrogen-bond donors (Lipinski definition) is 1. The Morgan fingerprint density at radius 2 is 2.08 bits per heavy atom. The second-order valence-corrected chi connectivity index (χ2v) is 3.45. The maximum atomic E-state index is 10.4. The highest BCUT2D eigenvalue weighted by molar-refractivity contribution is 5.69. The molecule has 0 heterocycles. The van der Waals surface area contributed by atoms with E-state index in [1.165, 1.54) is 0 Å². The molecule has 2 atom stereocenters. The monoisotopic (exact) mass is 170 g/mol. The standard InChI is InChI=1S/C10H18O2/c1-4-5-8(2)6-7-9(3)10(11)12/h4,8-9H,1,5-7H2,2-3H3,(H,11,12). The zero-order chi connectivity index (χ0) is 9.56. The molecule has 0 aromatic heterocycles. The Labute approximate surface area is 74.3 Å². The topological polar surface area (TPSA) is 37.3 Å². The maximum absolute atomic E-state index is 10.4. The highest BCUT2D eigenvalue weighted by atomic mass is 16.4. The van der Waals surface area contributed by atoms with E-state index in [0.717, 1.165) is 19.3 Å². The van der Waals surface area contributed by atoms with Gasteiger partial charge >= 0.3 is 5.97 Å². The summed E-state index contributed by atoms with van der Waals surface area (Å²) in [6, 6.07) is 0. The SMILES string of the molecule is C=CCC(C)CCC(C)C(=O)O. The molecule has 0 radical (unpaired) electrons. The van der Waals surface area contributed by atoms with Crippen LogP contribution in [0.25, 0.3) is 0 Å². The molecule has 0 spiro atoms. The van der Waals surface area contributed by atoms with Crippen LogP contribution in [-0.2, 0) is 4.79 Å². The van der Waals surface area contributed by atoms with Gasteiger partial charge < -0.3 is 5.11 Å². The third kappa shape index (κ3) is 4.94. The largest absolute Gasteiger partial charge is 0.481 e. The Balaban J connectivity index is 3.53. The first-order valence-corrected chi connectivity index (χ1v) is 4.41. The van der Waals surface area contributed by atoms with Gasteiger partial charge in [0.05, 0.1) is 5.92 Å². The molecular formula is C10H18O2. The van der Waals surface area contributed by atoms with E-state index in [9.17, 15) is 4.79 Å². The van der Waals surface area contributed by atoms with E-state index < -0.39 is 5.97 Å². The highest BCUT2D eigenvalue weighted by Gasteiger charge is 2.11. The number of rotatable bonds is 6. The third-order valence-electron chi connectivity index (χ3n) is 2.08. The minimum Gasteiger partial charge on any atom is -0.481 e. The van der Waals surface area contributed by atoms with E-state index in [-0.39, 0.29) is 5.92 Å². The van der Waals surface area contributed by atoms with Crippen molar-refractivity contribution in [3.05, 3.63) is 12.7 Å². The van der Waals surface area contributed by atoms with Crippen LogP contribution < -0.4 is 0 Å². The zero-order valence-corrected chi connectivity index (χ0v) is 7.92. The van der Waals surface area contributed by atoms with Crippen LogP contribution in [0.5, 0.6) is 0 Å². The molecule has 0 saturated heterocycles. The molecule has 1 N–H and O–H groups in total. The van der Waals surface area contributed by atoms with Crippen molar-refractivity contribution in [1.82, 2.24) is 0 Å². The molecule has 0 aliphatic heterocycles. The predicted octanol–water partition coefficient (Wildman–Crippen LogP) is 2.70. The summed E-state index contributed by atoms with van der Waals surface area (Å²) in [7, 11) is 0. The smallest absolute Gasteiger partial charge is 0.306 e. The van der Waals surface area contributed by atoms with E-state index >= 15 is 0 Å². The van der Waals surface area contributed by atoms with E-state index in [1.54, 1.807) is 6.92 Å². The highest BCUT2D eigenvalue weighted by Crippen LogP contribution is 2.15.